The maximum absolute atomic E-state index is 4.50. The number of benzene rings is 1. The largest absolute Gasteiger partial charge is 0.314 e. The average molecular weight is 271 g/mol. The molecule has 3 heteroatoms. The topological polar surface area (TPSA) is 29.9 Å². The molecular weight excluding hydrogens is 246 g/mol. The Kier molecular flexibility index (Phi) is 4.61. The lowest BCUT2D eigenvalue weighted by Crippen LogP contribution is -2.34. The predicted octanol–water partition coefficient (Wildman–Crippen LogP) is 3.54. The van der Waals surface area contributed by atoms with Crippen LogP contribution in [0.15, 0.2) is 42.6 Å². The Hall–Kier alpha value is -1.61. The molecule has 0 radical (unpaired) electrons. The van der Waals surface area contributed by atoms with Crippen LogP contribution in [0.2, 0.25) is 0 Å². The molecule has 0 amide bonds. The highest BCUT2D eigenvalue weighted by Crippen LogP contribution is 2.29. The number of nitrogens with one attached hydrogen (secondary N) is 1. The summed E-state index contributed by atoms with van der Waals surface area (Å²) < 4.78 is 2.05. The molecule has 0 bridgehead atoms. The summed E-state index contributed by atoms with van der Waals surface area (Å²) in [6.45, 7) is 9.98. The van der Waals surface area contributed by atoms with Crippen molar-refractivity contribution < 1.29 is 0 Å². The lowest BCUT2D eigenvalue weighted by Gasteiger charge is -2.29. The molecule has 0 spiro atoms. The van der Waals surface area contributed by atoms with Crippen LogP contribution in [-0.4, -0.2) is 22.4 Å². The summed E-state index contributed by atoms with van der Waals surface area (Å²) >= 11 is 0. The summed E-state index contributed by atoms with van der Waals surface area (Å²) in [6, 6.07) is 13.0. The molecule has 0 aliphatic heterocycles. The molecule has 2 rings (SSSR count). The van der Waals surface area contributed by atoms with E-state index in [2.05, 4.69) is 73.1 Å². The fraction of sp³-hybridized carbons (Fsp3) is 0.471. The van der Waals surface area contributed by atoms with Gasteiger partial charge in [-0.25, -0.2) is 4.68 Å². The van der Waals surface area contributed by atoms with Crippen LogP contribution < -0.4 is 5.32 Å². The second-order valence-electron chi connectivity index (χ2n) is 6.01. The second kappa shape index (κ2) is 6.23. The minimum Gasteiger partial charge on any atom is -0.314 e. The number of aromatic nitrogens is 2. The molecule has 1 atom stereocenters. The third-order valence-electron chi connectivity index (χ3n) is 3.71. The van der Waals surface area contributed by atoms with Gasteiger partial charge in [0.1, 0.15) is 0 Å². The summed E-state index contributed by atoms with van der Waals surface area (Å²) in [6.07, 6.45) is 2.97. The number of rotatable bonds is 6. The fourth-order valence-corrected chi connectivity index (χ4v) is 2.88. The van der Waals surface area contributed by atoms with Gasteiger partial charge in [0.15, 0.2) is 0 Å². The number of hydrogen-bond donors (Lipinski definition) is 1. The van der Waals surface area contributed by atoms with Crippen LogP contribution in [0, 0.1) is 0 Å². The van der Waals surface area contributed by atoms with Crippen molar-refractivity contribution in [3.05, 3.63) is 48.3 Å². The van der Waals surface area contributed by atoms with Crippen molar-refractivity contribution in [1.29, 1.82) is 0 Å². The van der Waals surface area contributed by atoms with Gasteiger partial charge in [0.25, 0.3) is 0 Å². The monoisotopic (exact) mass is 271 g/mol. The maximum atomic E-state index is 4.50. The first-order chi connectivity index (χ1) is 9.54. The van der Waals surface area contributed by atoms with E-state index in [4.69, 9.17) is 0 Å². The zero-order chi connectivity index (χ0) is 14.6. The van der Waals surface area contributed by atoms with Gasteiger partial charge in [-0.15, -0.1) is 0 Å². The smallest absolute Gasteiger partial charge is 0.0649 e. The van der Waals surface area contributed by atoms with Crippen molar-refractivity contribution in [3.8, 4) is 5.69 Å². The van der Waals surface area contributed by atoms with E-state index in [1.54, 1.807) is 0 Å². The van der Waals surface area contributed by atoms with Crippen molar-refractivity contribution in [1.82, 2.24) is 15.1 Å². The zero-order valence-electron chi connectivity index (χ0n) is 12.9. The molecule has 1 aromatic heterocycles. The molecule has 0 aliphatic carbocycles. The molecule has 0 fully saturated rings. The summed E-state index contributed by atoms with van der Waals surface area (Å²) in [7, 11) is 0. The van der Waals surface area contributed by atoms with Crippen molar-refractivity contribution >= 4 is 0 Å². The van der Waals surface area contributed by atoms with Gasteiger partial charge >= 0.3 is 0 Å². The van der Waals surface area contributed by atoms with Crippen molar-refractivity contribution in [3.63, 3.8) is 0 Å². The van der Waals surface area contributed by atoms with E-state index in [1.807, 2.05) is 12.3 Å². The Morgan fingerprint density at radius 1 is 1.20 bits per heavy atom. The van der Waals surface area contributed by atoms with E-state index in [9.17, 15) is 0 Å². The molecule has 108 valence electrons. The Morgan fingerprint density at radius 3 is 2.55 bits per heavy atom. The van der Waals surface area contributed by atoms with Crippen LogP contribution >= 0.6 is 0 Å². The maximum Gasteiger partial charge on any atom is 0.0649 e. The van der Waals surface area contributed by atoms with Gasteiger partial charge in [-0.3, -0.25) is 0 Å². The van der Waals surface area contributed by atoms with Crippen molar-refractivity contribution in [2.75, 3.05) is 6.54 Å². The van der Waals surface area contributed by atoms with Crippen LogP contribution in [0.4, 0.5) is 0 Å². The van der Waals surface area contributed by atoms with E-state index in [0.29, 0.717) is 6.04 Å². The van der Waals surface area contributed by atoms with Gasteiger partial charge in [0, 0.05) is 23.3 Å². The first kappa shape index (κ1) is 14.8. The summed E-state index contributed by atoms with van der Waals surface area (Å²) in [5, 5.41) is 8.00. The summed E-state index contributed by atoms with van der Waals surface area (Å²) in [4.78, 5) is 0. The molecule has 3 nitrogen and oxygen atoms in total. The van der Waals surface area contributed by atoms with Gasteiger partial charge < -0.3 is 5.32 Å². The first-order valence-corrected chi connectivity index (χ1v) is 7.38. The highest BCUT2D eigenvalue weighted by atomic mass is 15.3. The Morgan fingerprint density at radius 2 is 1.90 bits per heavy atom. The van der Waals surface area contributed by atoms with Gasteiger partial charge in [-0.2, -0.15) is 5.10 Å². The van der Waals surface area contributed by atoms with Crippen LogP contribution in [0.3, 0.4) is 0 Å². The molecule has 1 heterocycles. The first-order valence-electron chi connectivity index (χ1n) is 7.38. The third kappa shape index (κ3) is 3.28. The van der Waals surface area contributed by atoms with E-state index in [0.717, 1.165) is 18.7 Å². The predicted molar refractivity (Wildman–Crippen MR) is 84.3 cm³/mol. The zero-order valence-corrected chi connectivity index (χ0v) is 12.9. The number of para-hydroxylation sites is 1. The average Bonchev–Trinajstić information content (AvgIpc) is 2.89. The minimum atomic E-state index is 0.0773. The normalized spacial score (nSPS) is 13.4. The van der Waals surface area contributed by atoms with Gasteiger partial charge in [0.05, 0.1) is 5.69 Å². The Labute approximate surface area is 122 Å². The minimum absolute atomic E-state index is 0.0773. The van der Waals surface area contributed by atoms with Crippen molar-refractivity contribution in [2.24, 2.45) is 0 Å². The molecule has 0 saturated carbocycles. The van der Waals surface area contributed by atoms with Crippen LogP contribution in [-0.2, 0) is 5.41 Å². The number of nitrogens with zero attached hydrogens (tertiary/aromatic N) is 2. The van der Waals surface area contributed by atoms with Gasteiger partial charge in [-0.05, 0) is 38.1 Å². The van der Waals surface area contributed by atoms with E-state index < -0.39 is 0 Å². The summed E-state index contributed by atoms with van der Waals surface area (Å²) in [5.41, 5.74) is 2.46. The molecule has 1 unspecified atom stereocenters. The lowest BCUT2D eigenvalue weighted by molar-refractivity contribution is 0.379. The number of hydrogen-bond acceptors (Lipinski definition) is 2. The summed E-state index contributed by atoms with van der Waals surface area (Å²) in [5.74, 6) is 0. The van der Waals surface area contributed by atoms with E-state index in [1.165, 1.54) is 5.69 Å². The van der Waals surface area contributed by atoms with Crippen LogP contribution in [0.25, 0.3) is 5.69 Å². The Bertz CT molecular complexity index is 528. The lowest BCUT2D eigenvalue weighted by atomic mass is 9.82. The standard InChI is InChI=1S/C17H25N3/c1-5-18-14(2)13-17(3,4)16-11-12-19-20(16)15-9-7-6-8-10-15/h6-12,14,18H,5,13H2,1-4H3. The SMILES string of the molecule is CCNC(C)CC(C)(C)c1ccnn1-c1ccccc1. The quantitative estimate of drug-likeness (QED) is 0.871. The molecule has 0 aliphatic rings. The van der Waals surface area contributed by atoms with Gasteiger partial charge in [-0.1, -0.05) is 39.0 Å². The van der Waals surface area contributed by atoms with E-state index >= 15 is 0 Å². The fourth-order valence-electron chi connectivity index (χ4n) is 2.88. The highest BCUT2D eigenvalue weighted by Gasteiger charge is 2.27. The molecule has 1 N–H and O–H groups in total. The molecule has 1 aromatic carbocycles. The molecule has 2 aromatic rings. The highest BCUT2D eigenvalue weighted by molar-refractivity contribution is 5.34. The van der Waals surface area contributed by atoms with E-state index in [-0.39, 0.29) is 5.41 Å². The van der Waals surface area contributed by atoms with Gasteiger partial charge in [0.2, 0.25) is 0 Å². The molecular formula is C17H25N3. The molecule has 20 heavy (non-hydrogen) atoms. The third-order valence-corrected chi connectivity index (χ3v) is 3.71. The molecule has 0 saturated heterocycles. The van der Waals surface area contributed by atoms with Crippen molar-refractivity contribution in [2.45, 2.75) is 45.6 Å². The Balaban J connectivity index is 2.27. The second-order valence-corrected chi connectivity index (χ2v) is 6.01. The van der Waals surface area contributed by atoms with Crippen LogP contribution in [0.5, 0.6) is 0 Å². The van der Waals surface area contributed by atoms with Crippen LogP contribution in [0.1, 0.15) is 39.8 Å².